The summed E-state index contributed by atoms with van der Waals surface area (Å²) >= 11 is 0. The highest BCUT2D eigenvalue weighted by atomic mass is 16.5. The van der Waals surface area contributed by atoms with Gasteiger partial charge in [-0.2, -0.15) is 5.10 Å². The van der Waals surface area contributed by atoms with E-state index in [0.717, 1.165) is 24.1 Å². The molecule has 1 aliphatic rings. The van der Waals surface area contributed by atoms with Gasteiger partial charge in [-0.3, -0.25) is 14.5 Å². The number of carbonyl (C=O) groups excluding carboxylic acids is 1. The first-order chi connectivity index (χ1) is 17.2. The van der Waals surface area contributed by atoms with Crippen LogP contribution in [-0.2, 0) is 6.54 Å². The van der Waals surface area contributed by atoms with Gasteiger partial charge in [0.15, 0.2) is 0 Å². The van der Waals surface area contributed by atoms with E-state index >= 15 is 0 Å². The molecule has 0 spiro atoms. The zero-order chi connectivity index (χ0) is 24.0. The minimum Gasteiger partial charge on any atom is -0.497 e. The number of nitrogens with zero attached hydrogens (tertiary/aromatic N) is 5. The van der Waals surface area contributed by atoms with Crippen LogP contribution >= 0.6 is 0 Å². The molecule has 8 heteroatoms. The topological polar surface area (TPSA) is 82.4 Å². The summed E-state index contributed by atoms with van der Waals surface area (Å²) in [6.45, 7) is 1.81. The molecule has 1 aliphatic heterocycles. The average molecular weight is 470 g/mol. The molecule has 8 nitrogen and oxygen atoms in total. The van der Waals surface area contributed by atoms with E-state index in [1.165, 1.54) is 0 Å². The van der Waals surface area contributed by atoms with Gasteiger partial charge in [0.25, 0.3) is 5.91 Å². The lowest BCUT2D eigenvalue weighted by molar-refractivity contribution is 0.0703. The van der Waals surface area contributed by atoms with Crippen LogP contribution in [0.5, 0.6) is 17.4 Å². The van der Waals surface area contributed by atoms with Gasteiger partial charge in [-0.25, -0.2) is 4.98 Å². The fourth-order valence-electron chi connectivity index (χ4n) is 4.46. The predicted octanol–water partition coefficient (Wildman–Crippen LogP) is 4.54. The van der Waals surface area contributed by atoms with Gasteiger partial charge in [-0.1, -0.05) is 24.3 Å². The number of likely N-dealkylation sites (tertiary alicyclic amines) is 1. The lowest BCUT2D eigenvalue weighted by Crippen LogP contribution is -2.39. The van der Waals surface area contributed by atoms with Crippen molar-refractivity contribution in [3.8, 4) is 17.4 Å². The molecule has 2 aromatic carbocycles. The van der Waals surface area contributed by atoms with Gasteiger partial charge in [0.1, 0.15) is 17.2 Å². The van der Waals surface area contributed by atoms with Crippen LogP contribution in [0, 0.1) is 0 Å². The molecule has 178 valence electrons. The van der Waals surface area contributed by atoms with E-state index in [1.807, 2.05) is 70.4 Å². The Hall–Kier alpha value is -4.20. The number of rotatable bonds is 7. The number of aromatic nitrogens is 4. The van der Waals surface area contributed by atoms with Crippen LogP contribution in [0.2, 0.25) is 0 Å². The number of ether oxygens (including phenoxy) is 2. The second-order valence-electron chi connectivity index (χ2n) is 8.48. The first kappa shape index (κ1) is 22.6. The molecule has 1 atom stereocenters. The molecule has 2 aromatic heterocycles. The molecule has 1 saturated heterocycles. The van der Waals surface area contributed by atoms with E-state index in [-0.39, 0.29) is 11.8 Å². The molecule has 5 rings (SSSR count). The second kappa shape index (κ2) is 10.4. The van der Waals surface area contributed by atoms with Crippen molar-refractivity contribution in [1.82, 2.24) is 24.6 Å². The van der Waals surface area contributed by atoms with Crippen molar-refractivity contribution in [2.45, 2.75) is 25.3 Å². The average Bonchev–Trinajstić information content (AvgIpc) is 3.42. The van der Waals surface area contributed by atoms with E-state index < -0.39 is 0 Å². The standard InChI is InChI=1S/C27H27N5O3/c1-34-22-9-4-10-23(17-22)35-26-25(28-13-14-29-26)21-8-5-15-31(18-21)27(33)24-11-3-2-7-20(24)19-32-16-6-12-30-32/h2-4,6-7,9-14,16-17,21H,5,8,15,18-19H2,1H3/t21-/m0/s1. The van der Waals surface area contributed by atoms with Crippen molar-refractivity contribution in [1.29, 1.82) is 0 Å². The molecular weight excluding hydrogens is 442 g/mol. The van der Waals surface area contributed by atoms with E-state index in [9.17, 15) is 4.79 Å². The summed E-state index contributed by atoms with van der Waals surface area (Å²) in [4.78, 5) is 24.6. The number of methoxy groups -OCH3 is 1. The largest absolute Gasteiger partial charge is 0.497 e. The summed E-state index contributed by atoms with van der Waals surface area (Å²) in [6, 6.07) is 17.0. The number of carbonyl (C=O) groups is 1. The Morgan fingerprint density at radius 1 is 1.03 bits per heavy atom. The van der Waals surface area contributed by atoms with Gasteiger partial charge in [0.2, 0.25) is 5.88 Å². The first-order valence-electron chi connectivity index (χ1n) is 11.7. The number of hydrogen-bond acceptors (Lipinski definition) is 6. The van der Waals surface area contributed by atoms with Crippen molar-refractivity contribution in [3.05, 3.63) is 96.2 Å². The van der Waals surface area contributed by atoms with E-state index in [4.69, 9.17) is 9.47 Å². The molecule has 0 unspecified atom stereocenters. The zero-order valence-corrected chi connectivity index (χ0v) is 19.6. The second-order valence-corrected chi connectivity index (χ2v) is 8.48. The van der Waals surface area contributed by atoms with Crippen LogP contribution in [0.25, 0.3) is 0 Å². The lowest BCUT2D eigenvalue weighted by Gasteiger charge is -2.33. The molecule has 1 fully saturated rings. The highest BCUT2D eigenvalue weighted by Gasteiger charge is 2.29. The molecule has 0 N–H and O–H groups in total. The summed E-state index contributed by atoms with van der Waals surface area (Å²) < 4.78 is 13.2. The summed E-state index contributed by atoms with van der Waals surface area (Å²) in [5.74, 6) is 1.84. The monoisotopic (exact) mass is 469 g/mol. The smallest absolute Gasteiger partial charge is 0.254 e. The van der Waals surface area contributed by atoms with Gasteiger partial charge in [-0.15, -0.1) is 0 Å². The molecule has 1 amide bonds. The number of benzene rings is 2. The molecule has 0 bridgehead atoms. The van der Waals surface area contributed by atoms with Crippen molar-refractivity contribution in [2.24, 2.45) is 0 Å². The van der Waals surface area contributed by atoms with E-state index in [1.54, 1.807) is 25.7 Å². The van der Waals surface area contributed by atoms with Crippen molar-refractivity contribution < 1.29 is 14.3 Å². The minimum absolute atomic E-state index is 0.0246. The first-order valence-corrected chi connectivity index (χ1v) is 11.7. The normalized spacial score (nSPS) is 15.6. The summed E-state index contributed by atoms with van der Waals surface area (Å²) in [5.41, 5.74) is 2.41. The molecule has 35 heavy (non-hydrogen) atoms. The van der Waals surface area contributed by atoms with E-state index in [2.05, 4.69) is 15.1 Å². The van der Waals surface area contributed by atoms with Crippen LogP contribution in [0.1, 0.15) is 40.4 Å². The zero-order valence-electron chi connectivity index (χ0n) is 19.6. The highest BCUT2D eigenvalue weighted by Crippen LogP contribution is 2.34. The summed E-state index contributed by atoms with van der Waals surface area (Å²) in [6.07, 6.45) is 8.73. The van der Waals surface area contributed by atoms with Gasteiger partial charge >= 0.3 is 0 Å². The maximum Gasteiger partial charge on any atom is 0.254 e. The van der Waals surface area contributed by atoms with Gasteiger partial charge in [0.05, 0.1) is 13.7 Å². The fourth-order valence-corrected chi connectivity index (χ4v) is 4.46. The Labute approximate surface area is 204 Å². The predicted molar refractivity (Wildman–Crippen MR) is 131 cm³/mol. The molecule has 0 saturated carbocycles. The Morgan fingerprint density at radius 2 is 1.89 bits per heavy atom. The van der Waals surface area contributed by atoms with Gasteiger partial charge < -0.3 is 14.4 Å². The third kappa shape index (κ3) is 5.16. The van der Waals surface area contributed by atoms with Crippen molar-refractivity contribution in [3.63, 3.8) is 0 Å². The third-order valence-corrected chi connectivity index (χ3v) is 6.18. The third-order valence-electron chi connectivity index (χ3n) is 6.18. The highest BCUT2D eigenvalue weighted by molar-refractivity contribution is 5.95. The molecule has 3 heterocycles. The summed E-state index contributed by atoms with van der Waals surface area (Å²) in [7, 11) is 1.62. The van der Waals surface area contributed by atoms with Crippen LogP contribution in [0.4, 0.5) is 0 Å². The number of piperidine rings is 1. The van der Waals surface area contributed by atoms with Crippen LogP contribution in [0.15, 0.2) is 79.4 Å². The van der Waals surface area contributed by atoms with Crippen molar-refractivity contribution >= 4 is 5.91 Å². The van der Waals surface area contributed by atoms with E-state index in [0.29, 0.717) is 42.6 Å². The van der Waals surface area contributed by atoms with Crippen LogP contribution < -0.4 is 9.47 Å². The number of amides is 1. The number of hydrogen-bond donors (Lipinski definition) is 0. The fraction of sp³-hybridized carbons (Fsp3) is 0.259. The van der Waals surface area contributed by atoms with Crippen LogP contribution in [0.3, 0.4) is 0 Å². The van der Waals surface area contributed by atoms with Gasteiger partial charge in [-0.05, 0) is 42.7 Å². The molecule has 0 aliphatic carbocycles. The molecule has 4 aromatic rings. The minimum atomic E-state index is 0.0246. The lowest BCUT2D eigenvalue weighted by atomic mass is 9.93. The Balaban J connectivity index is 1.35. The maximum absolute atomic E-state index is 13.6. The quantitative estimate of drug-likeness (QED) is 0.395. The molecular formula is C27H27N5O3. The Kier molecular flexibility index (Phi) is 6.70. The Morgan fingerprint density at radius 3 is 2.74 bits per heavy atom. The Bertz CT molecular complexity index is 1290. The van der Waals surface area contributed by atoms with Gasteiger partial charge in [0, 0.05) is 55.4 Å². The maximum atomic E-state index is 13.6. The van der Waals surface area contributed by atoms with Crippen molar-refractivity contribution in [2.75, 3.05) is 20.2 Å². The molecule has 0 radical (unpaired) electrons. The SMILES string of the molecule is COc1cccc(Oc2nccnc2[C@H]2CCCN(C(=O)c3ccccc3Cn3cccn3)C2)c1. The summed E-state index contributed by atoms with van der Waals surface area (Å²) in [5, 5.41) is 4.29. The van der Waals surface area contributed by atoms with Crippen LogP contribution in [-0.4, -0.2) is 50.8 Å².